The largest absolute Gasteiger partial charge is 0.322 e. The number of benzene rings is 3. The highest BCUT2D eigenvalue weighted by molar-refractivity contribution is 6.28. The average molecular weight is 384 g/mol. The molecular formula is C23H16N2O4. The lowest BCUT2D eigenvalue weighted by molar-refractivity contribution is 0.0921. The van der Waals surface area contributed by atoms with Crippen LogP contribution in [0, 0.1) is 0 Å². The fourth-order valence-electron chi connectivity index (χ4n) is 3.24. The van der Waals surface area contributed by atoms with Crippen molar-refractivity contribution in [2.75, 3.05) is 10.6 Å². The van der Waals surface area contributed by atoms with E-state index in [1.165, 1.54) is 12.1 Å². The third kappa shape index (κ3) is 3.68. The lowest BCUT2D eigenvalue weighted by atomic mass is 10.0. The zero-order chi connectivity index (χ0) is 20.4. The fourth-order valence-corrected chi connectivity index (χ4v) is 3.24. The lowest BCUT2D eigenvalue weighted by Crippen LogP contribution is -2.16. The molecule has 3 aromatic carbocycles. The van der Waals surface area contributed by atoms with Gasteiger partial charge in [-0.15, -0.1) is 0 Å². The van der Waals surface area contributed by atoms with Crippen LogP contribution in [0.5, 0.6) is 0 Å². The Morgan fingerprint density at radius 2 is 1.24 bits per heavy atom. The first kappa shape index (κ1) is 18.3. The molecule has 0 unspecified atom stereocenters. The monoisotopic (exact) mass is 384 g/mol. The van der Waals surface area contributed by atoms with Gasteiger partial charge in [0, 0.05) is 22.4 Å². The summed E-state index contributed by atoms with van der Waals surface area (Å²) in [6.07, 6.45) is -0.250. The molecular weight excluding hydrogens is 368 g/mol. The first-order chi connectivity index (χ1) is 14.0. The van der Waals surface area contributed by atoms with Crippen molar-refractivity contribution in [2.24, 2.45) is 0 Å². The molecule has 0 atom stereocenters. The minimum Gasteiger partial charge on any atom is -0.322 e. The molecule has 142 valence electrons. The number of amides is 2. The van der Waals surface area contributed by atoms with Crippen molar-refractivity contribution in [3.63, 3.8) is 0 Å². The van der Waals surface area contributed by atoms with Gasteiger partial charge in [-0.2, -0.15) is 0 Å². The molecule has 0 bridgehead atoms. The second-order valence-electron chi connectivity index (χ2n) is 6.61. The minimum atomic E-state index is -0.411. The van der Waals surface area contributed by atoms with Crippen molar-refractivity contribution < 1.29 is 19.2 Å². The van der Waals surface area contributed by atoms with E-state index in [9.17, 15) is 19.2 Å². The Balaban J connectivity index is 1.69. The molecule has 1 aliphatic carbocycles. The van der Waals surface area contributed by atoms with Gasteiger partial charge in [0.05, 0.1) is 17.7 Å². The van der Waals surface area contributed by atoms with E-state index in [0.29, 0.717) is 16.8 Å². The molecule has 2 amide bonds. The maximum Gasteiger partial charge on any atom is 0.255 e. The van der Waals surface area contributed by atoms with Crippen LogP contribution in [0.2, 0.25) is 0 Å². The van der Waals surface area contributed by atoms with Crippen LogP contribution < -0.4 is 10.6 Å². The smallest absolute Gasteiger partial charge is 0.255 e. The molecule has 6 nitrogen and oxygen atoms in total. The highest BCUT2D eigenvalue weighted by atomic mass is 16.2. The van der Waals surface area contributed by atoms with Gasteiger partial charge < -0.3 is 10.6 Å². The molecule has 6 heteroatoms. The van der Waals surface area contributed by atoms with E-state index in [2.05, 4.69) is 10.6 Å². The van der Waals surface area contributed by atoms with Crippen molar-refractivity contribution in [3.05, 3.63) is 95.1 Å². The quantitative estimate of drug-likeness (QED) is 0.666. The molecule has 0 aromatic heterocycles. The molecule has 29 heavy (non-hydrogen) atoms. The zero-order valence-corrected chi connectivity index (χ0v) is 15.3. The van der Waals surface area contributed by atoms with Gasteiger partial charge in [-0.1, -0.05) is 36.4 Å². The van der Waals surface area contributed by atoms with Crippen molar-refractivity contribution >= 4 is 34.8 Å². The standard InChI is InChI=1S/C23H16N2O4/c26-19-13-20(27)21-17(19)11-16(24-22(28)14-7-3-1-4-8-14)12-18(21)25-23(29)15-9-5-2-6-10-15/h1-12H,13H2,(H,24,28)(H,25,29). The number of ketones is 2. The van der Waals surface area contributed by atoms with Crippen molar-refractivity contribution in [1.82, 2.24) is 0 Å². The van der Waals surface area contributed by atoms with Crippen LogP contribution in [-0.4, -0.2) is 23.4 Å². The SMILES string of the molecule is O=C(Nc1cc(NC(=O)c2ccccc2)c2c(c1)C(=O)CC2=O)c1ccccc1. The Hall–Kier alpha value is -4.06. The highest BCUT2D eigenvalue weighted by Gasteiger charge is 2.31. The molecule has 0 saturated carbocycles. The maximum absolute atomic E-state index is 12.6. The summed E-state index contributed by atoms with van der Waals surface area (Å²) < 4.78 is 0. The summed E-state index contributed by atoms with van der Waals surface area (Å²) in [5, 5.41) is 5.42. The predicted molar refractivity (Wildman–Crippen MR) is 109 cm³/mol. The third-order valence-corrected chi connectivity index (χ3v) is 4.62. The Morgan fingerprint density at radius 1 is 0.690 bits per heavy atom. The van der Waals surface area contributed by atoms with Crippen molar-refractivity contribution in [3.8, 4) is 0 Å². The van der Waals surface area contributed by atoms with E-state index >= 15 is 0 Å². The highest BCUT2D eigenvalue weighted by Crippen LogP contribution is 2.33. The lowest BCUT2D eigenvalue weighted by Gasteiger charge is -2.13. The molecule has 0 spiro atoms. The molecule has 0 heterocycles. The fraction of sp³-hybridized carbons (Fsp3) is 0.0435. The van der Waals surface area contributed by atoms with Crippen LogP contribution in [0.25, 0.3) is 0 Å². The molecule has 0 radical (unpaired) electrons. The topological polar surface area (TPSA) is 92.3 Å². The number of carbonyl (C=O) groups is 4. The number of hydrogen-bond donors (Lipinski definition) is 2. The van der Waals surface area contributed by atoms with E-state index in [1.54, 1.807) is 60.7 Å². The van der Waals surface area contributed by atoms with E-state index in [-0.39, 0.29) is 40.7 Å². The number of rotatable bonds is 4. The van der Waals surface area contributed by atoms with E-state index < -0.39 is 5.91 Å². The number of Topliss-reactive ketones (excluding diaryl/α,β-unsaturated/α-hetero) is 2. The number of carbonyl (C=O) groups excluding carboxylic acids is 4. The summed E-state index contributed by atoms with van der Waals surface area (Å²) >= 11 is 0. The zero-order valence-electron chi connectivity index (χ0n) is 15.3. The molecule has 0 aliphatic heterocycles. The van der Waals surface area contributed by atoms with E-state index in [4.69, 9.17) is 0 Å². The van der Waals surface area contributed by atoms with Gasteiger partial charge in [0.2, 0.25) is 0 Å². The maximum atomic E-state index is 12.6. The van der Waals surface area contributed by atoms with Gasteiger partial charge in [-0.3, -0.25) is 19.2 Å². The predicted octanol–water partition coefficient (Wildman–Crippen LogP) is 3.96. The van der Waals surface area contributed by atoms with Crippen LogP contribution in [0.4, 0.5) is 11.4 Å². The number of hydrogen-bond acceptors (Lipinski definition) is 4. The van der Waals surface area contributed by atoms with Gasteiger partial charge in [-0.05, 0) is 36.4 Å². The summed E-state index contributed by atoms with van der Waals surface area (Å²) in [4.78, 5) is 49.6. The van der Waals surface area contributed by atoms with E-state index in [0.717, 1.165) is 0 Å². The van der Waals surface area contributed by atoms with Crippen LogP contribution in [0.1, 0.15) is 47.9 Å². The third-order valence-electron chi connectivity index (χ3n) is 4.62. The normalized spacial score (nSPS) is 12.4. The second kappa shape index (κ2) is 7.52. The first-order valence-corrected chi connectivity index (χ1v) is 9.00. The Labute approximate surface area is 166 Å². The molecule has 1 aliphatic rings. The number of nitrogens with one attached hydrogen (secondary N) is 2. The molecule has 4 rings (SSSR count). The second-order valence-corrected chi connectivity index (χ2v) is 6.61. The minimum absolute atomic E-state index is 0.178. The molecule has 0 saturated heterocycles. The molecule has 2 N–H and O–H groups in total. The summed E-state index contributed by atoms with van der Waals surface area (Å²) in [5.74, 6) is -1.46. The Morgan fingerprint density at radius 3 is 1.83 bits per heavy atom. The van der Waals surface area contributed by atoms with Crippen LogP contribution in [0.15, 0.2) is 72.8 Å². The van der Waals surface area contributed by atoms with Crippen LogP contribution in [-0.2, 0) is 0 Å². The van der Waals surface area contributed by atoms with Crippen LogP contribution in [0.3, 0.4) is 0 Å². The Bertz CT molecular complexity index is 1140. The summed E-state index contributed by atoms with van der Waals surface area (Å²) in [5.41, 5.74) is 1.77. The summed E-state index contributed by atoms with van der Waals surface area (Å²) in [7, 11) is 0. The average Bonchev–Trinajstić information content (AvgIpc) is 3.03. The number of fused-ring (bicyclic) bond motifs is 1. The van der Waals surface area contributed by atoms with Gasteiger partial charge in [0.15, 0.2) is 11.6 Å². The summed E-state index contributed by atoms with van der Waals surface area (Å²) in [6.45, 7) is 0. The molecule has 3 aromatic rings. The van der Waals surface area contributed by atoms with Crippen LogP contribution >= 0.6 is 0 Å². The Kier molecular flexibility index (Phi) is 4.75. The van der Waals surface area contributed by atoms with Gasteiger partial charge in [-0.25, -0.2) is 0 Å². The van der Waals surface area contributed by atoms with Crippen molar-refractivity contribution in [2.45, 2.75) is 6.42 Å². The van der Waals surface area contributed by atoms with Gasteiger partial charge >= 0.3 is 0 Å². The van der Waals surface area contributed by atoms with Gasteiger partial charge in [0.25, 0.3) is 11.8 Å². The van der Waals surface area contributed by atoms with Crippen molar-refractivity contribution in [1.29, 1.82) is 0 Å². The van der Waals surface area contributed by atoms with Gasteiger partial charge in [0.1, 0.15) is 0 Å². The number of anilines is 2. The summed E-state index contributed by atoms with van der Waals surface area (Å²) in [6, 6.07) is 20.1. The van der Waals surface area contributed by atoms with E-state index in [1.807, 2.05) is 0 Å². The molecule has 0 fully saturated rings. The first-order valence-electron chi connectivity index (χ1n) is 9.00.